The maximum absolute atomic E-state index is 13.9. The summed E-state index contributed by atoms with van der Waals surface area (Å²) in [6.45, 7) is 5.82. The van der Waals surface area contributed by atoms with Gasteiger partial charge in [0.1, 0.15) is 5.82 Å². The van der Waals surface area contributed by atoms with Crippen molar-refractivity contribution < 1.29 is 23.3 Å². The molecule has 0 atom stereocenters. The fraction of sp³-hybridized carbons (Fsp3) is 0.458. The van der Waals surface area contributed by atoms with Crippen LogP contribution in [0.5, 0.6) is 11.5 Å². The van der Waals surface area contributed by atoms with Crippen molar-refractivity contribution in [3.63, 3.8) is 0 Å². The molecule has 0 unspecified atom stereocenters. The number of hydrogen-bond acceptors (Lipinski definition) is 5. The molecule has 0 aromatic heterocycles. The predicted octanol–water partition coefficient (Wildman–Crippen LogP) is 3.91. The van der Waals surface area contributed by atoms with Crippen LogP contribution in [0.25, 0.3) is 0 Å². The molecule has 0 saturated carbocycles. The van der Waals surface area contributed by atoms with E-state index in [4.69, 9.17) is 18.9 Å². The van der Waals surface area contributed by atoms with Gasteiger partial charge in [-0.05, 0) is 42.7 Å². The first-order valence-electron chi connectivity index (χ1n) is 10.9. The molecular weight excluding hydrogens is 413 g/mol. The number of hydrogen-bond donors (Lipinski definition) is 2. The number of halogens is 1. The van der Waals surface area contributed by atoms with Gasteiger partial charge in [-0.1, -0.05) is 12.1 Å². The summed E-state index contributed by atoms with van der Waals surface area (Å²) in [5, 5.41) is 6.62. The van der Waals surface area contributed by atoms with Crippen LogP contribution in [0.2, 0.25) is 0 Å². The number of fused-ring (bicyclic) bond motifs is 1. The Morgan fingerprint density at radius 1 is 1.06 bits per heavy atom. The Morgan fingerprint density at radius 3 is 2.72 bits per heavy atom. The summed E-state index contributed by atoms with van der Waals surface area (Å²) in [5.74, 6) is 1.82. The van der Waals surface area contributed by atoms with Gasteiger partial charge in [-0.2, -0.15) is 0 Å². The molecule has 2 aromatic carbocycles. The molecule has 7 nitrogen and oxygen atoms in total. The van der Waals surface area contributed by atoms with Gasteiger partial charge in [0.2, 0.25) is 0 Å². The number of aryl methyl sites for hydroxylation is 1. The molecule has 0 radical (unpaired) electrons. The van der Waals surface area contributed by atoms with Crippen molar-refractivity contribution in [3.05, 3.63) is 53.3 Å². The second-order valence-electron chi connectivity index (χ2n) is 7.47. The van der Waals surface area contributed by atoms with E-state index in [1.165, 1.54) is 6.07 Å². The fourth-order valence-electron chi connectivity index (χ4n) is 3.05. The van der Waals surface area contributed by atoms with E-state index in [2.05, 4.69) is 15.6 Å². The minimum Gasteiger partial charge on any atom is -0.490 e. The number of benzene rings is 2. The van der Waals surface area contributed by atoms with Gasteiger partial charge >= 0.3 is 0 Å². The minimum absolute atomic E-state index is 0.226. The molecular formula is C24H32FN3O4. The molecule has 174 valence electrons. The largest absolute Gasteiger partial charge is 0.490 e. The molecule has 0 spiro atoms. The van der Waals surface area contributed by atoms with E-state index in [9.17, 15) is 4.39 Å². The molecule has 0 amide bonds. The van der Waals surface area contributed by atoms with Crippen LogP contribution in [0, 0.1) is 12.7 Å². The normalized spacial score (nSPS) is 13.5. The highest BCUT2D eigenvalue weighted by Crippen LogP contribution is 2.32. The van der Waals surface area contributed by atoms with Crippen molar-refractivity contribution >= 4 is 11.6 Å². The van der Waals surface area contributed by atoms with E-state index in [1.54, 1.807) is 20.1 Å². The van der Waals surface area contributed by atoms with Crippen LogP contribution in [0.4, 0.5) is 10.1 Å². The van der Waals surface area contributed by atoms with Gasteiger partial charge in [-0.25, -0.2) is 9.38 Å². The second-order valence-corrected chi connectivity index (χ2v) is 7.47. The number of methoxy groups -OCH3 is 1. The predicted molar refractivity (Wildman–Crippen MR) is 123 cm³/mol. The Hall–Kier alpha value is -2.84. The molecule has 8 heteroatoms. The van der Waals surface area contributed by atoms with Crippen molar-refractivity contribution in [1.29, 1.82) is 0 Å². The molecule has 3 rings (SSSR count). The van der Waals surface area contributed by atoms with Crippen molar-refractivity contribution in [2.45, 2.75) is 26.3 Å². The first kappa shape index (κ1) is 23.8. The minimum atomic E-state index is -0.226. The highest BCUT2D eigenvalue weighted by atomic mass is 19.1. The molecule has 0 aliphatic carbocycles. The lowest BCUT2D eigenvalue weighted by Crippen LogP contribution is -2.32. The first-order chi connectivity index (χ1) is 15.7. The summed E-state index contributed by atoms with van der Waals surface area (Å²) in [6, 6.07) is 10.9. The number of ether oxygens (including phenoxy) is 4. The number of nitrogens with zero attached hydrogens (tertiary/aromatic N) is 1. The number of aliphatic imine (C=N–C) groups is 1. The Balaban J connectivity index is 1.64. The lowest BCUT2D eigenvalue weighted by atomic mass is 10.1. The molecule has 0 bridgehead atoms. The van der Waals surface area contributed by atoms with Crippen LogP contribution in [0.15, 0.2) is 41.4 Å². The maximum atomic E-state index is 13.9. The zero-order chi connectivity index (χ0) is 22.6. The van der Waals surface area contributed by atoms with Crippen LogP contribution in [-0.4, -0.2) is 52.6 Å². The molecule has 1 aliphatic heterocycles. The van der Waals surface area contributed by atoms with Crippen LogP contribution in [0.1, 0.15) is 24.0 Å². The van der Waals surface area contributed by atoms with Crippen LogP contribution >= 0.6 is 0 Å². The third kappa shape index (κ3) is 7.69. The Morgan fingerprint density at radius 2 is 1.91 bits per heavy atom. The monoisotopic (exact) mass is 445 g/mol. The quantitative estimate of drug-likeness (QED) is 0.328. The van der Waals surface area contributed by atoms with Gasteiger partial charge in [-0.15, -0.1) is 0 Å². The van der Waals surface area contributed by atoms with E-state index in [0.717, 1.165) is 29.8 Å². The third-order valence-electron chi connectivity index (χ3n) is 4.86. The zero-order valence-corrected chi connectivity index (χ0v) is 18.8. The van der Waals surface area contributed by atoms with E-state index >= 15 is 0 Å². The summed E-state index contributed by atoms with van der Waals surface area (Å²) in [7, 11) is 1.65. The van der Waals surface area contributed by atoms with Gasteiger partial charge in [0.05, 0.1) is 33.0 Å². The Bertz CT molecular complexity index is 892. The maximum Gasteiger partial charge on any atom is 0.196 e. The third-order valence-corrected chi connectivity index (χ3v) is 4.86. The van der Waals surface area contributed by atoms with E-state index in [-0.39, 0.29) is 5.82 Å². The average molecular weight is 446 g/mol. The average Bonchev–Trinajstić information content (AvgIpc) is 3.04. The fourth-order valence-corrected chi connectivity index (χ4v) is 3.05. The molecule has 2 N–H and O–H groups in total. The summed E-state index contributed by atoms with van der Waals surface area (Å²) >= 11 is 0. The number of guanidine groups is 1. The highest BCUT2D eigenvalue weighted by Gasteiger charge is 2.11. The zero-order valence-electron chi connectivity index (χ0n) is 18.8. The lowest BCUT2D eigenvalue weighted by Gasteiger charge is -2.15. The molecule has 0 saturated heterocycles. The van der Waals surface area contributed by atoms with Crippen molar-refractivity contribution in [1.82, 2.24) is 5.32 Å². The molecule has 1 heterocycles. The van der Waals surface area contributed by atoms with Gasteiger partial charge < -0.3 is 29.6 Å². The van der Waals surface area contributed by atoms with Gasteiger partial charge in [0.15, 0.2) is 17.5 Å². The lowest BCUT2D eigenvalue weighted by molar-refractivity contribution is 0.0699. The molecule has 0 fully saturated rings. The summed E-state index contributed by atoms with van der Waals surface area (Å²) in [6.07, 6.45) is 1.66. The first-order valence-corrected chi connectivity index (χ1v) is 10.9. The van der Waals surface area contributed by atoms with Gasteiger partial charge in [-0.3, -0.25) is 0 Å². The van der Waals surface area contributed by atoms with Crippen molar-refractivity contribution in [2.24, 2.45) is 4.99 Å². The topological polar surface area (TPSA) is 73.3 Å². The Labute approximate surface area is 188 Å². The summed E-state index contributed by atoms with van der Waals surface area (Å²) in [4.78, 5) is 4.63. The van der Waals surface area contributed by atoms with E-state index in [1.807, 2.05) is 24.3 Å². The highest BCUT2D eigenvalue weighted by molar-refractivity contribution is 5.93. The number of nitrogens with one attached hydrogen (secondary N) is 2. The van der Waals surface area contributed by atoms with Crippen LogP contribution in [-0.2, 0) is 16.0 Å². The standard InChI is InChI=1S/C24H32FN3O4/c1-18-5-6-19(15-21(18)25)17-27-24(26-9-3-10-30-14-13-29-2)28-20-7-8-22-23(16-20)32-12-4-11-31-22/h5-8,15-16H,3-4,9-14,17H2,1-2H3,(H2,26,27,28). The second kappa shape index (κ2) is 12.9. The summed E-state index contributed by atoms with van der Waals surface area (Å²) < 4.78 is 35.8. The number of anilines is 1. The van der Waals surface area contributed by atoms with Crippen LogP contribution in [0.3, 0.4) is 0 Å². The van der Waals surface area contributed by atoms with E-state index in [0.29, 0.717) is 63.4 Å². The van der Waals surface area contributed by atoms with Crippen LogP contribution < -0.4 is 20.1 Å². The van der Waals surface area contributed by atoms with Gasteiger partial charge in [0.25, 0.3) is 0 Å². The SMILES string of the molecule is COCCOCCCNC(=NCc1ccc(C)c(F)c1)Nc1ccc2c(c1)OCCCO2. The van der Waals surface area contributed by atoms with Gasteiger partial charge in [0, 0.05) is 38.4 Å². The Kier molecular flexibility index (Phi) is 9.59. The molecule has 2 aromatic rings. The summed E-state index contributed by atoms with van der Waals surface area (Å²) in [5.41, 5.74) is 2.25. The van der Waals surface area contributed by atoms with Crippen molar-refractivity contribution in [2.75, 3.05) is 52.0 Å². The van der Waals surface area contributed by atoms with E-state index < -0.39 is 0 Å². The smallest absolute Gasteiger partial charge is 0.196 e. The number of rotatable bonds is 10. The molecule has 32 heavy (non-hydrogen) atoms. The molecule has 1 aliphatic rings. The van der Waals surface area contributed by atoms with Crippen molar-refractivity contribution in [3.8, 4) is 11.5 Å².